The van der Waals surface area contributed by atoms with Gasteiger partial charge in [-0.3, -0.25) is 0 Å². The van der Waals surface area contributed by atoms with Gasteiger partial charge in [0.2, 0.25) is 10.0 Å². The molecule has 22 heavy (non-hydrogen) atoms. The van der Waals surface area contributed by atoms with Crippen LogP contribution in [0.3, 0.4) is 0 Å². The maximum Gasteiger partial charge on any atom is 0.243 e. The number of hydrogen-bond donors (Lipinski definition) is 0. The van der Waals surface area contributed by atoms with Crippen molar-refractivity contribution in [3.05, 3.63) is 29.8 Å². The average Bonchev–Trinajstić information content (AvgIpc) is 3.09. The fraction of sp³-hybridized carbons (Fsp3) is 0.533. The zero-order chi connectivity index (χ0) is 15.6. The lowest BCUT2D eigenvalue weighted by atomic mass is 9.99. The van der Waals surface area contributed by atoms with Gasteiger partial charge in [0.15, 0.2) is 6.29 Å². The molecule has 1 atom stereocenters. The average molecular weight is 322 g/mol. The van der Waals surface area contributed by atoms with Crippen LogP contribution >= 0.6 is 0 Å². The molecule has 0 radical (unpaired) electrons. The molecule has 2 aliphatic rings. The summed E-state index contributed by atoms with van der Waals surface area (Å²) in [5, 5.41) is 8.93. The monoisotopic (exact) mass is 322 g/mol. The van der Waals surface area contributed by atoms with Gasteiger partial charge in [-0.25, -0.2) is 8.42 Å². The predicted octanol–water partition coefficient (Wildman–Crippen LogP) is 1.33. The highest BCUT2D eigenvalue weighted by molar-refractivity contribution is 7.89. The number of benzene rings is 1. The molecule has 0 N–H and O–H groups in total. The Morgan fingerprint density at radius 2 is 2.05 bits per heavy atom. The Kier molecular flexibility index (Phi) is 4.45. The molecule has 0 saturated carbocycles. The minimum absolute atomic E-state index is 0.0603. The summed E-state index contributed by atoms with van der Waals surface area (Å²) in [6.07, 6.45) is 1.38. The van der Waals surface area contributed by atoms with Crippen LogP contribution in [0.25, 0.3) is 0 Å². The Labute approximate surface area is 130 Å². The van der Waals surface area contributed by atoms with E-state index in [4.69, 9.17) is 14.7 Å². The molecule has 0 amide bonds. The van der Waals surface area contributed by atoms with Crippen LogP contribution < -0.4 is 0 Å². The first kappa shape index (κ1) is 15.4. The number of ether oxygens (including phenoxy) is 2. The van der Waals surface area contributed by atoms with E-state index in [2.05, 4.69) is 0 Å². The molecule has 3 rings (SSSR count). The number of nitriles is 1. The van der Waals surface area contributed by atoms with Gasteiger partial charge < -0.3 is 9.47 Å². The Morgan fingerprint density at radius 3 is 2.77 bits per heavy atom. The van der Waals surface area contributed by atoms with Gasteiger partial charge >= 0.3 is 0 Å². The standard InChI is InChI=1S/C15H18N2O4S/c16-10-12-3-1-5-14(9-12)22(18,19)17-6-2-4-13(11-17)15-20-7-8-21-15/h1,3,5,9,13,15H,2,4,6-8,11H2/t13-/m1/s1. The van der Waals surface area contributed by atoms with Gasteiger partial charge in [-0.05, 0) is 31.0 Å². The van der Waals surface area contributed by atoms with Crippen LogP contribution in [-0.2, 0) is 19.5 Å². The SMILES string of the molecule is N#Cc1cccc(S(=O)(=O)N2CCC[C@@H](C3OCCO3)C2)c1. The molecule has 1 aromatic carbocycles. The second-order valence-corrected chi connectivity index (χ2v) is 7.45. The van der Waals surface area contributed by atoms with Crippen molar-refractivity contribution in [3.63, 3.8) is 0 Å². The fourth-order valence-electron chi connectivity index (χ4n) is 2.94. The van der Waals surface area contributed by atoms with Crippen molar-refractivity contribution in [2.45, 2.75) is 24.0 Å². The van der Waals surface area contributed by atoms with E-state index >= 15 is 0 Å². The molecule has 1 aromatic rings. The van der Waals surface area contributed by atoms with Crippen LogP contribution in [-0.4, -0.2) is 45.3 Å². The van der Waals surface area contributed by atoms with Crippen molar-refractivity contribution >= 4 is 10.0 Å². The molecule has 6 nitrogen and oxygen atoms in total. The molecule has 0 bridgehead atoms. The van der Waals surface area contributed by atoms with Gasteiger partial charge in [-0.2, -0.15) is 9.57 Å². The number of rotatable bonds is 3. The highest BCUT2D eigenvalue weighted by Gasteiger charge is 2.36. The van der Waals surface area contributed by atoms with Gasteiger partial charge in [-0.15, -0.1) is 0 Å². The maximum atomic E-state index is 12.8. The summed E-state index contributed by atoms with van der Waals surface area (Å²) in [5.74, 6) is 0.0603. The summed E-state index contributed by atoms with van der Waals surface area (Å²) in [4.78, 5) is 0.167. The molecular weight excluding hydrogens is 304 g/mol. The molecule has 118 valence electrons. The van der Waals surface area contributed by atoms with Gasteiger partial charge in [0.05, 0.1) is 29.7 Å². The van der Waals surface area contributed by atoms with E-state index in [9.17, 15) is 8.42 Å². The topological polar surface area (TPSA) is 79.6 Å². The summed E-state index contributed by atoms with van der Waals surface area (Å²) in [5.41, 5.74) is 0.345. The maximum absolute atomic E-state index is 12.8. The Balaban J connectivity index is 1.80. The molecule has 2 aliphatic heterocycles. The molecule has 0 aliphatic carbocycles. The first-order valence-electron chi connectivity index (χ1n) is 7.35. The normalized spacial score (nSPS) is 24.2. The summed E-state index contributed by atoms with van der Waals surface area (Å²) in [7, 11) is -3.59. The van der Waals surface area contributed by atoms with E-state index in [1.54, 1.807) is 12.1 Å². The molecular formula is C15H18N2O4S. The first-order valence-corrected chi connectivity index (χ1v) is 8.79. The van der Waals surface area contributed by atoms with Gasteiger partial charge in [-0.1, -0.05) is 6.07 Å². The minimum Gasteiger partial charge on any atom is -0.350 e. The van der Waals surface area contributed by atoms with E-state index in [0.717, 1.165) is 12.8 Å². The minimum atomic E-state index is -3.59. The van der Waals surface area contributed by atoms with Crippen LogP contribution in [0.1, 0.15) is 18.4 Å². The fourth-order valence-corrected chi connectivity index (χ4v) is 4.52. The first-order chi connectivity index (χ1) is 10.6. The van der Waals surface area contributed by atoms with E-state index in [1.165, 1.54) is 16.4 Å². The number of hydrogen-bond acceptors (Lipinski definition) is 5. The van der Waals surface area contributed by atoms with Crippen molar-refractivity contribution in [3.8, 4) is 6.07 Å². The van der Waals surface area contributed by atoms with Crippen LogP contribution in [0.5, 0.6) is 0 Å². The smallest absolute Gasteiger partial charge is 0.243 e. The quantitative estimate of drug-likeness (QED) is 0.839. The van der Waals surface area contributed by atoms with Gasteiger partial charge in [0, 0.05) is 19.0 Å². The van der Waals surface area contributed by atoms with Crippen LogP contribution in [0.15, 0.2) is 29.2 Å². The lowest BCUT2D eigenvalue weighted by Gasteiger charge is -2.33. The third kappa shape index (κ3) is 3.01. The Hall–Kier alpha value is -1.46. The largest absolute Gasteiger partial charge is 0.350 e. The van der Waals surface area contributed by atoms with E-state index in [0.29, 0.717) is 31.9 Å². The van der Waals surface area contributed by atoms with Crippen molar-refractivity contribution in [2.24, 2.45) is 5.92 Å². The van der Waals surface area contributed by atoms with E-state index in [-0.39, 0.29) is 17.1 Å². The molecule has 2 saturated heterocycles. The van der Waals surface area contributed by atoms with Gasteiger partial charge in [0.25, 0.3) is 0 Å². The zero-order valence-corrected chi connectivity index (χ0v) is 13.0. The lowest BCUT2D eigenvalue weighted by molar-refractivity contribution is -0.0940. The molecule has 0 aromatic heterocycles. The summed E-state index contributed by atoms with van der Waals surface area (Å²) < 4.78 is 38.0. The molecule has 0 unspecified atom stereocenters. The second-order valence-electron chi connectivity index (χ2n) is 5.51. The Bertz CT molecular complexity index is 677. The highest BCUT2D eigenvalue weighted by atomic mass is 32.2. The van der Waals surface area contributed by atoms with Crippen molar-refractivity contribution in [1.82, 2.24) is 4.31 Å². The summed E-state index contributed by atoms with van der Waals surface area (Å²) >= 11 is 0. The number of sulfonamides is 1. The highest BCUT2D eigenvalue weighted by Crippen LogP contribution is 2.28. The second kappa shape index (κ2) is 6.34. The molecule has 2 heterocycles. The summed E-state index contributed by atoms with van der Waals surface area (Å²) in [6, 6.07) is 8.11. The third-order valence-electron chi connectivity index (χ3n) is 4.05. The number of piperidine rings is 1. The number of nitrogens with zero attached hydrogens (tertiary/aromatic N) is 2. The van der Waals surface area contributed by atoms with Crippen LogP contribution in [0.2, 0.25) is 0 Å². The molecule has 2 fully saturated rings. The molecule has 0 spiro atoms. The van der Waals surface area contributed by atoms with Gasteiger partial charge in [0.1, 0.15) is 0 Å². The van der Waals surface area contributed by atoms with Crippen molar-refractivity contribution in [2.75, 3.05) is 26.3 Å². The van der Waals surface area contributed by atoms with Crippen molar-refractivity contribution < 1.29 is 17.9 Å². The van der Waals surface area contributed by atoms with Crippen molar-refractivity contribution in [1.29, 1.82) is 5.26 Å². The zero-order valence-electron chi connectivity index (χ0n) is 12.1. The molecule has 7 heteroatoms. The van der Waals surface area contributed by atoms with Crippen LogP contribution in [0, 0.1) is 17.2 Å². The predicted molar refractivity (Wildman–Crippen MR) is 78.3 cm³/mol. The third-order valence-corrected chi connectivity index (χ3v) is 5.92. The summed E-state index contributed by atoms with van der Waals surface area (Å²) in [6.45, 7) is 2.02. The Morgan fingerprint density at radius 1 is 1.27 bits per heavy atom. The van der Waals surface area contributed by atoms with E-state index < -0.39 is 10.0 Å². The van der Waals surface area contributed by atoms with E-state index in [1.807, 2.05) is 6.07 Å². The lowest BCUT2D eigenvalue weighted by Crippen LogP contribution is -2.43. The van der Waals surface area contributed by atoms with Crippen LogP contribution in [0.4, 0.5) is 0 Å².